The van der Waals surface area contributed by atoms with Crippen LogP contribution in [0.3, 0.4) is 0 Å². The van der Waals surface area contributed by atoms with Crippen LogP contribution in [0.1, 0.15) is 21.7 Å². The maximum Gasteiger partial charge on any atom is 0.254 e. The minimum atomic E-state index is -0.623. The van der Waals surface area contributed by atoms with E-state index in [0.717, 1.165) is 23.0 Å². The van der Waals surface area contributed by atoms with E-state index in [1.165, 1.54) is 36.4 Å². The molecule has 0 saturated carbocycles. The summed E-state index contributed by atoms with van der Waals surface area (Å²) in [7, 11) is 0. The van der Waals surface area contributed by atoms with Gasteiger partial charge in [-0.05, 0) is 48.9 Å². The zero-order valence-electron chi connectivity index (χ0n) is 18.7. The normalized spacial score (nSPS) is 10.7. The summed E-state index contributed by atoms with van der Waals surface area (Å²) in [5.41, 5.74) is 1.75. The van der Waals surface area contributed by atoms with E-state index in [4.69, 9.17) is 0 Å². The highest BCUT2D eigenvalue weighted by molar-refractivity contribution is 7.99. The highest BCUT2D eigenvalue weighted by atomic mass is 32.2. The Kier molecular flexibility index (Phi) is 7.51. The van der Waals surface area contributed by atoms with Crippen molar-refractivity contribution in [3.05, 3.63) is 101 Å². The molecule has 35 heavy (non-hydrogen) atoms. The molecule has 10 heteroatoms. The standard InChI is InChI=1S/C25H21F2N5O2S/c1-16-7-6-8-17(13-16)32-22(14-28-24(34)18-9-2-3-10-19(18)26)30-31-25(32)35-15-23(33)29-21-12-5-4-11-20(21)27/h2-13H,14-15H2,1H3,(H,28,34)(H,29,33). The van der Waals surface area contributed by atoms with Crippen molar-refractivity contribution >= 4 is 29.3 Å². The van der Waals surface area contributed by atoms with Gasteiger partial charge in [-0.15, -0.1) is 10.2 Å². The van der Waals surface area contributed by atoms with E-state index in [0.29, 0.717) is 11.0 Å². The average molecular weight is 494 g/mol. The van der Waals surface area contributed by atoms with Crippen LogP contribution in [0.2, 0.25) is 0 Å². The number of nitrogens with zero attached hydrogens (tertiary/aromatic N) is 3. The van der Waals surface area contributed by atoms with Crippen LogP contribution in [0, 0.1) is 18.6 Å². The van der Waals surface area contributed by atoms with Gasteiger partial charge in [0, 0.05) is 5.69 Å². The molecule has 0 bridgehead atoms. The van der Waals surface area contributed by atoms with E-state index < -0.39 is 23.4 Å². The number of aryl methyl sites for hydroxylation is 1. The Morgan fingerprint density at radius 1 is 0.943 bits per heavy atom. The van der Waals surface area contributed by atoms with Gasteiger partial charge in [-0.25, -0.2) is 8.78 Å². The molecule has 0 aliphatic heterocycles. The number of para-hydroxylation sites is 1. The molecule has 3 aromatic carbocycles. The van der Waals surface area contributed by atoms with Crippen molar-refractivity contribution in [2.24, 2.45) is 0 Å². The number of hydrogen-bond donors (Lipinski definition) is 2. The highest BCUT2D eigenvalue weighted by Crippen LogP contribution is 2.23. The predicted molar refractivity (Wildman–Crippen MR) is 129 cm³/mol. The molecule has 0 unspecified atom stereocenters. The highest BCUT2D eigenvalue weighted by Gasteiger charge is 2.18. The fourth-order valence-corrected chi connectivity index (χ4v) is 4.08. The number of benzene rings is 3. The minimum absolute atomic E-state index is 0.0178. The molecule has 1 aromatic heterocycles. The second-order valence-electron chi connectivity index (χ2n) is 7.55. The maximum atomic E-state index is 14.0. The fraction of sp³-hybridized carbons (Fsp3) is 0.120. The fourth-order valence-electron chi connectivity index (χ4n) is 3.31. The number of nitrogens with one attached hydrogen (secondary N) is 2. The number of carbonyl (C=O) groups excluding carboxylic acids is 2. The Labute approximate surface area is 204 Å². The zero-order chi connectivity index (χ0) is 24.8. The zero-order valence-corrected chi connectivity index (χ0v) is 19.5. The molecule has 2 N–H and O–H groups in total. The summed E-state index contributed by atoms with van der Waals surface area (Å²) in [4.78, 5) is 24.9. The van der Waals surface area contributed by atoms with Gasteiger partial charge < -0.3 is 10.6 Å². The minimum Gasteiger partial charge on any atom is -0.345 e. The lowest BCUT2D eigenvalue weighted by atomic mass is 10.2. The largest absolute Gasteiger partial charge is 0.345 e. The predicted octanol–water partition coefficient (Wildman–Crippen LogP) is 4.51. The van der Waals surface area contributed by atoms with Gasteiger partial charge in [0.25, 0.3) is 5.91 Å². The van der Waals surface area contributed by atoms with Crippen molar-refractivity contribution in [1.29, 1.82) is 0 Å². The molecule has 0 saturated heterocycles. The quantitative estimate of drug-likeness (QED) is 0.353. The van der Waals surface area contributed by atoms with Gasteiger partial charge in [-0.1, -0.05) is 48.2 Å². The monoisotopic (exact) mass is 493 g/mol. The number of thioether (sulfide) groups is 1. The lowest BCUT2D eigenvalue weighted by molar-refractivity contribution is -0.113. The Morgan fingerprint density at radius 3 is 2.43 bits per heavy atom. The van der Waals surface area contributed by atoms with Crippen molar-refractivity contribution in [1.82, 2.24) is 20.1 Å². The van der Waals surface area contributed by atoms with E-state index in [-0.39, 0.29) is 23.5 Å². The lowest BCUT2D eigenvalue weighted by Gasteiger charge is -2.12. The third-order valence-electron chi connectivity index (χ3n) is 4.97. The van der Waals surface area contributed by atoms with Crippen LogP contribution < -0.4 is 10.6 Å². The van der Waals surface area contributed by atoms with E-state index in [1.807, 2.05) is 31.2 Å². The number of carbonyl (C=O) groups is 2. The molecule has 0 fully saturated rings. The number of anilines is 1. The Balaban J connectivity index is 1.52. The van der Waals surface area contributed by atoms with Crippen LogP contribution in [-0.2, 0) is 11.3 Å². The van der Waals surface area contributed by atoms with Gasteiger partial charge in [0.15, 0.2) is 11.0 Å². The van der Waals surface area contributed by atoms with Gasteiger partial charge >= 0.3 is 0 Å². The van der Waals surface area contributed by atoms with Crippen molar-refractivity contribution in [2.45, 2.75) is 18.6 Å². The second-order valence-corrected chi connectivity index (χ2v) is 8.49. The Bertz CT molecular complexity index is 1380. The molecule has 2 amide bonds. The lowest BCUT2D eigenvalue weighted by Crippen LogP contribution is -2.25. The van der Waals surface area contributed by atoms with Crippen LogP contribution in [0.5, 0.6) is 0 Å². The molecule has 4 rings (SSSR count). The van der Waals surface area contributed by atoms with Crippen molar-refractivity contribution in [3.63, 3.8) is 0 Å². The molecule has 4 aromatic rings. The van der Waals surface area contributed by atoms with E-state index in [1.54, 1.807) is 16.7 Å². The van der Waals surface area contributed by atoms with Crippen molar-refractivity contribution < 1.29 is 18.4 Å². The van der Waals surface area contributed by atoms with Crippen LogP contribution in [0.15, 0.2) is 78.0 Å². The summed E-state index contributed by atoms with van der Waals surface area (Å²) in [5, 5.41) is 14.0. The number of amides is 2. The third kappa shape index (κ3) is 5.90. The first-order valence-corrected chi connectivity index (χ1v) is 11.6. The maximum absolute atomic E-state index is 14.0. The molecule has 0 atom stereocenters. The van der Waals surface area contributed by atoms with Gasteiger partial charge in [-0.3, -0.25) is 14.2 Å². The number of hydrogen-bond acceptors (Lipinski definition) is 5. The van der Waals surface area contributed by atoms with Crippen LogP contribution in [-0.4, -0.2) is 32.3 Å². The summed E-state index contributed by atoms with van der Waals surface area (Å²) in [6, 6.07) is 19.2. The molecule has 0 radical (unpaired) electrons. The molecule has 0 aliphatic rings. The summed E-state index contributed by atoms with van der Waals surface area (Å²) in [5.74, 6) is -1.78. The Morgan fingerprint density at radius 2 is 1.69 bits per heavy atom. The van der Waals surface area contributed by atoms with E-state index in [9.17, 15) is 18.4 Å². The SMILES string of the molecule is Cc1cccc(-n2c(CNC(=O)c3ccccc3F)nnc2SCC(=O)Nc2ccccc2F)c1. The van der Waals surface area contributed by atoms with Crippen LogP contribution in [0.25, 0.3) is 5.69 Å². The van der Waals surface area contributed by atoms with Crippen LogP contribution >= 0.6 is 11.8 Å². The summed E-state index contributed by atoms with van der Waals surface area (Å²) < 4.78 is 29.5. The first-order chi connectivity index (χ1) is 16.9. The summed E-state index contributed by atoms with van der Waals surface area (Å²) in [6.07, 6.45) is 0. The molecule has 0 spiro atoms. The first kappa shape index (κ1) is 24.1. The van der Waals surface area contributed by atoms with Crippen molar-refractivity contribution in [3.8, 4) is 5.69 Å². The van der Waals surface area contributed by atoms with Crippen LogP contribution in [0.4, 0.5) is 14.5 Å². The second kappa shape index (κ2) is 10.9. The van der Waals surface area contributed by atoms with Gasteiger partial charge in [-0.2, -0.15) is 0 Å². The molecule has 1 heterocycles. The number of rotatable bonds is 8. The topological polar surface area (TPSA) is 88.9 Å². The molecular weight excluding hydrogens is 472 g/mol. The van der Waals surface area contributed by atoms with Crippen molar-refractivity contribution in [2.75, 3.05) is 11.1 Å². The molecule has 7 nitrogen and oxygen atoms in total. The number of aromatic nitrogens is 3. The first-order valence-electron chi connectivity index (χ1n) is 10.6. The van der Waals surface area contributed by atoms with E-state index >= 15 is 0 Å². The molecule has 0 aliphatic carbocycles. The smallest absolute Gasteiger partial charge is 0.254 e. The van der Waals surface area contributed by atoms with Gasteiger partial charge in [0.1, 0.15) is 11.6 Å². The summed E-state index contributed by atoms with van der Waals surface area (Å²) >= 11 is 1.12. The van der Waals surface area contributed by atoms with Gasteiger partial charge in [0.05, 0.1) is 23.5 Å². The Hall–Kier alpha value is -4.05. The van der Waals surface area contributed by atoms with Gasteiger partial charge in [0.2, 0.25) is 5.91 Å². The molecule has 178 valence electrons. The average Bonchev–Trinajstić information content (AvgIpc) is 3.26. The third-order valence-corrected chi connectivity index (χ3v) is 5.90. The number of halogens is 2. The molecular formula is C25H21F2N5O2S. The summed E-state index contributed by atoms with van der Waals surface area (Å²) in [6.45, 7) is 1.91. The van der Waals surface area contributed by atoms with E-state index in [2.05, 4.69) is 20.8 Å².